The molecule has 0 aliphatic carbocycles. The molecule has 3 atom stereocenters. The van der Waals surface area contributed by atoms with Crippen molar-refractivity contribution in [3.63, 3.8) is 0 Å². The summed E-state index contributed by atoms with van der Waals surface area (Å²) in [5.41, 5.74) is 2.13. The van der Waals surface area contributed by atoms with Gasteiger partial charge in [-0.2, -0.15) is 0 Å². The maximum atomic E-state index is 10.5. The van der Waals surface area contributed by atoms with E-state index >= 15 is 0 Å². The van der Waals surface area contributed by atoms with E-state index in [1.807, 2.05) is 48.7 Å². The van der Waals surface area contributed by atoms with E-state index in [-0.39, 0.29) is 12.6 Å². The van der Waals surface area contributed by atoms with E-state index in [0.29, 0.717) is 5.92 Å². The molecular formula is C20H27NO2S. The topological polar surface area (TPSA) is 52.5 Å². The molecular weight excluding hydrogens is 318 g/mol. The Morgan fingerprint density at radius 1 is 1.04 bits per heavy atom. The first-order chi connectivity index (χ1) is 11.6. The summed E-state index contributed by atoms with van der Waals surface area (Å²) in [4.78, 5) is 1.16. The van der Waals surface area contributed by atoms with Crippen LogP contribution in [0.15, 0.2) is 59.5 Å². The van der Waals surface area contributed by atoms with Gasteiger partial charge in [0, 0.05) is 4.90 Å². The van der Waals surface area contributed by atoms with Crippen molar-refractivity contribution >= 4 is 11.8 Å². The number of thioether (sulfide) groups is 1. The highest BCUT2D eigenvalue weighted by Crippen LogP contribution is 2.21. The first kappa shape index (κ1) is 19.0. The quantitative estimate of drug-likeness (QED) is 0.611. The standard InChI is InChI=1S/C20H27NO2S/c1-15(12-16-6-4-3-5-7-16)13-21-19(14-22)20(23)17-8-10-18(24-2)11-9-17/h3-11,15,19-23H,12-14H2,1-2H3/t15-,19-,20-/m0/s1. The Hall–Kier alpha value is -1.33. The minimum absolute atomic E-state index is 0.0937. The van der Waals surface area contributed by atoms with E-state index in [0.717, 1.165) is 23.4 Å². The lowest BCUT2D eigenvalue weighted by Gasteiger charge is -2.24. The van der Waals surface area contributed by atoms with Crippen LogP contribution in [-0.4, -0.2) is 35.7 Å². The lowest BCUT2D eigenvalue weighted by molar-refractivity contribution is 0.0880. The predicted molar refractivity (Wildman–Crippen MR) is 101 cm³/mol. The highest BCUT2D eigenvalue weighted by Gasteiger charge is 2.20. The first-order valence-corrected chi connectivity index (χ1v) is 9.56. The van der Waals surface area contributed by atoms with Crippen molar-refractivity contribution in [2.45, 2.75) is 30.4 Å². The largest absolute Gasteiger partial charge is 0.395 e. The summed E-state index contributed by atoms with van der Waals surface area (Å²) in [5, 5.41) is 23.5. The van der Waals surface area contributed by atoms with Crippen molar-refractivity contribution in [1.29, 1.82) is 0 Å². The summed E-state index contributed by atoms with van der Waals surface area (Å²) in [6.45, 7) is 2.83. The third-order valence-corrected chi connectivity index (χ3v) is 4.93. The third kappa shape index (κ3) is 5.64. The Bertz CT molecular complexity index is 588. The molecule has 4 heteroatoms. The molecule has 0 spiro atoms. The van der Waals surface area contributed by atoms with Gasteiger partial charge in [-0.15, -0.1) is 11.8 Å². The van der Waals surface area contributed by atoms with Crippen molar-refractivity contribution in [1.82, 2.24) is 5.32 Å². The Balaban J connectivity index is 1.88. The maximum absolute atomic E-state index is 10.5. The second-order valence-corrected chi connectivity index (χ2v) is 7.09. The maximum Gasteiger partial charge on any atom is 0.0965 e. The molecule has 0 saturated heterocycles. The molecule has 0 aliphatic heterocycles. The van der Waals surface area contributed by atoms with Gasteiger partial charge in [0.05, 0.1) is 18.8 Å². The van der Waals surface area contributed by atoms with Crippen molar-refractivity contribution in [3.05, 3.63) is 65.7 Å². The van der Waals surface area contributed by atoms with Crippen molar-refractivity contribution in [2.24, 2.45) is 5.92 Å². The average Bonchev–Trinajstić information content (AvgIpc) is 2.63. The fourth-order valence-corrected chi connectivity index (χ4v) is 3.16. The summed E-state index contributed by atoms with van der Waals surface area (Å²) in [7, 11) is 0. The number of nitrogens with one attached hydrogen (secondary N) is 1. The molecule has 0 heterocycles. The lowest BCUT2D eigenvalue weighted by atomic mass is 9.99. The molecule has 3 N–H and O–H groups in total. The van der Waals surface area contributed by atoms with Crippen LogP contribution in [0.5, 0.6) is 0 Å². The SMILES string of the molecule is CSc1ccc([C@H](O)[C@H](CO)NC[C@@H](C)Cc2ccccc2)cc1. The van der Waals surface area contributed by atoms with Gasteiger partial charge in [0.15, 0.2) is 0 Å². The van der Waals surface area contributed by atoms with Crippen molar-refractivity contribution < 1.29 is 10.2 Å². The monoisotopic (exact) mass is 345 g/mol. The van der Waals surface area contributed by atoms with Crippen LogP contribution in [0.3, 0.4) is 0 Å². The number of rotatable bonds is 9. The van der Waals surface area contributed by atoms with E-state index in [4.69, 9.17) is 0 Å². The molecule has 2 rings (SSSR count). The van der Waals surface area contributed by atoms with Crippen molar-refractivity contribution in [3.8, 4) is 0 Å². The molecule has 0 amide bonds. The van der Waals surface area contributed by atoms with Gasteiger partial charge >= 0.3 is 0 Å². The number of aliphatic hydroxyl groups is 2. The molecule has 0 saturated carbocycles. The van der Waals surface area contributed by atoms with Crippen LogP contribution < -0.4 is 5.32 Å². The molecule has 0 fully saturated rings. The van der Waals surface area contributed by atoms with Gasteiger partial charge in [0.25, 0.3) is 0 Å². The summed E-state index contributed by atoms with van der Waals surface area (Å²) in [6, 6.07) is 17.9. The summed E-state index contributed by atoms with van der Waals surface area (Å²) >= 11 is 1.67. The van der Waals surface area contributed by atoms with Gasteiger partial charge in [0.1, 0.15) is 0 Å². The van der Waals surface area contributed by atoms with E-state index in [1.165, 1.54) is 5.56 Å². The van der Waals surface area contributed by atoms with Crippen LogP contribution in [0.1, 0.15) is 24.2 Å². The van der Waals surface area contributed by atoms with Crippen LogP contribution in [0.25, 0.3) is 0 Å². The molecule has 3 nitrogen and oxygen atoms in total. The molecule has 0 aromatic heterocycles. The zero-order valence-electron chi connectivity index (χ0n) is 14.4. The van der Waals surface area contributed by atoms with Gasteiger partial charge < -0.3 is 15.5 Å². The van der Waals surface area contributed by atoms with Crippen molar-refractivity contribution in [2.75, 3.05) is 19.4 Å². The summed E-state index contributed by atoms with van der Waals surface area (Å²) in [5.74, 6) is 0.424. The normalized spacial score (nSPS) is 15.0. The fraction of sp³-hybridized carbons (Fsp3) is 0.400. The van der Waals surface area contributed by atoms with Gasteiger partial charge in [-0.3, -0.25) is 0 Å². The van der Waals surface area contributed by atoms with Gasteiger partial charge in [-0.25, -0.2) is 0 Å². The minimum Gasteiger partial charge on any atom is -0.395 e. The first-order valence-electron chi connectivity index (χ1n) is 8.34. The van der Waals surface area contributed by atoms with E-state index in [2.05, 4.69) is 24.4 Å². The molecule has 0 bridgehead atoms. The van der Waals surface area contributed by atoms with Crippen LogP contribution in [0.4, 0.5) is 0 Å². The molecule has 0 unspecified atom stereocenters. The zero-order valence-corrected chi connectivity index (χ0v) is 15.2. The van der Waals surface area contributed by atoms with Gasteiger partial charge in [-0.1, -0.05) is 49.4 Å². The number of aliphatic hydroxyl groups excluding tert-OH is 2. The van der Waals surface area contributed by atoms with Crippen LogP contribution in [0.2, 0.25) is 0 Å². The van der Waals surface area contributed by atoms with Crippen LogP contribution >= 0.6 is 11.8 Å². The van der Waals surface area contributed by atoms with E-state index in [9.17, 15) is 10.2 Å². The van der Waals surface area contributed by atoms with Crippen LogP contribution in [0, 0.1) is 5.92 Å². The summed E-state index contributed by atoms with van der Waals surface area (Å²) in [6.07, 6.45) is 2.29. The zero-order chi connectivity index (χ0) is 17.4. The van der Waals surface area contributed by atoms with Gasteiger partial charge in [0.2, 0.25) is 0 Å². The van der Waals surface area contributed by atoms with E-state index in [1.54, 1.807) is 11.8 Å². The number of benzene rings is 2. The Labute approximate surface area is 149 Å². The Kier molecular flexibility index (Phi) is 7.79. The molecule has 130 valence electrons. The molecule has 2 aromatic rings. The second kappa shape index (κ2) is 9.84. The summed E-state index contributed by atoms with van der Waals surface area (Å²) < 4.78 is 0. The predicted octanol–water partition coefficient (Wildman–Crippen LogP) is 3.27. The molecule has 24 heavy (non-hydrogen) atoms. The number of hydrogen-bond acceptors (Lipinski definition) is 4. The highest BCUT2D eigenvalue weighted by atomic mass is 32.2. The fourth-order valence-electron chi connectivity index (χ4n) is 2.75. The van der Waals surface area contributed by atoms with Crippen LogP contribution in [-0.2, 0) is 6.42 Å². The lowest BCUT2D eigenvalue weighted by Crippen LogP contribution is -2.40. The molecule has 0 aliphatic rings. The van der Waals surface area contributed by atoms with Gasteiger partial charge in [-0.05, 0) is 48.4 Å². The molecule has 2 aromatic carbocycles. The smallest absolute Gasteiger partial charge is 0.0965 e. The minimum atomic E-state index is -0.713. The third-order valence-electron chi connectivity index (χ3n) is 4.19. The number of hydrogen-bond donors (Lipinski definition) is 3. The Morgan fingerprint density at radius 2 is 1.71 bits per heavy atom. The molecule has 0 radical (unpaired) electrons. The average molecular weight is 346 g/mol. The van der Waals surface area contributed by atoms with E-state index < -0.39 is 6.10 Å². The Morgan fingerprint density at radius 3 is 2.29 bits per heavy atom. The highest BCUT2D eigenvalue weighted by molar-refractivity contribution is 7.98. The second-order valence-electron chi connectivity index (χ2n) is 6.21.